The fourth-order valence-corrected chi connectivity index (χ4v) is 1.36. The number of carbonyl (C=O) groups excluding carboxylic acids is 1. The number of nitrogens with one attached hydrogen (secondary N) is 1. The molecular formula is C13H19NO3. The lowest BCUT2D eigenvalue weighted by Gasteiger charge is -2.23. The average Bonchev–Trinajstić information content (AvgIpc) is 2.35. The van der Waals surface area contributed by atoms with E-state index in [4.69, 9.17) is 9.57 Å². The van der Waals surface area contributed by atoms with Crippen molar-refractivity contribution in [2.24, 2.45) is 0 Å². The highest BCUT2D eigenvalue weighted by atomic mass is 16.7. The summed E-state index contributed by atoms with van der Waals surface area (Å²) in [4.78, 5) is 17.0. The van der Waals surface area contributed by atoms with E-state index in [0.717, 1.165) is 5.56 Å². The van der Waals surface area contributed by atoms with E-state index >= 15 is 0 Å². The van der Waals surface area contributed by atoms with Crippen molar-refractivity contribution >= 4 is 5.91 Å². The zero-order valence-electron chi connectivity index (χ0n) is 10.5. The van der Waals surface area contributed by atoms with Crippen LogP contribution in [0.15, 0.2) is 30.3 Å². The van der Waals surface area contributed by atoms with Crippen LogP contribution in [-0.2, 0) is 19.8 Å². The smallest absolute Gasteiger partial charge is 0.253 e. The Morgan fingerprint density at radius 1 is 1.24 bits per heavy atom. The topological polar surface area (TPSA) is 47.6 Å². The second kappa shape index (κ2) is 6.37. The summed E-state index contributed by atoms with van der Waals surface area (Å²) in [5.41, 5.74) is 2.77. The molecule has 0 spiro atoms. The van der Waals surface area contributed by atoms with Crippen molar-refractivity contribution < 1.29 is 14.4 Å². The molecule has 0 saturated carbocycles. The molecule has 17 heavy (non-hydrogen) atoms. The van der Waals surface area contributed by atoms with Crippen LogP contribution in [0.2, 0.25) is 0 Å². The summed E-state index contributed by atoms with van der Waals surface area (Å²) < 4.78 is 4.82. The first-order valence-corrected chi connectivity index (χ1v) is 5.55. The largest absolute Gasteiger partial charge is 0.382 e. The molecule has 0 saturated heterocycles. The van der Waals surface area contributed by atoms with Crippen molar-refractivity contribution in [2.45, 2.75) is 19.3 Å². The van der Waals surface area contributed by atoms with Crippen LogP contribution in [0, 0.1) is 0 Å². The molecule has 0 radical (unpaired) electrons. The van der Waals surface area contributed by atoms with Crippen LogP contribution in [0.1, 0.15) is 19.4 Å². The highest BCUT2D eigenvalue weighted by molar-refractivity contribution is 5.86. The minimum Gasteiger partial charge on any atom is -0.382 e. The molecule has 0 fully saturated rings. The number of carbonyl (C=O) groups is 1. The predicted octanol–water partition coefficient (Wildman–Crippen LogP) is 1.66. The Kier molecular flexibility index (Phi) is 5.12. The van der Waals surface area contributed by atoms with Gasteiger partial charge in [-0.2, -0.15) is 0 Å². The first kappa shape index (κ1) is 13.7. The summed E-state index contributed by atoms with van der Waals surface area (Å²) in [6.07, 6.45) is 0. The van der Waals surface area contributed by atoms with Crippen LogP contribution in [-0.4, -0.2) is 26.2 Å². The van der Waals surface area contributed by atoms with Gasteiger partial charge in [-0.25, -0.2) is 5.48 Å². The Balaban J connectivity index is 2.55. The maximum absolute atomic E-state index is 12.0. The second-order valence-corrected chi connectivity index (χ2v) is 4.26. The normalized spacial score (nSPS) is 11.2. The van der Waals surface area contributed by atoms with E-state index in [2.05, 4.69) is 5.48 Å². The molecule has 1 aromatic carbocycles. The number of hydrogen-bond donors (Lipinski definition) is 1. The molecule has 4 nitrogen and oxygen atoms in total. The number of rotatable bonds is 6. The minimum atomic E-state index is -0.617. The van der Waals surface area contributed by atoms with Gasteiger partial charge < -0.3 is 4.74 Å². The van der Waals surface area contributed by atoms with E-state index < -0.39 is 5.41 Å². The van der Waals surface area contributed by atoms with Crippen LogP contribution < -0.4 is 5.48 Å². The fourth-order valence-electron chi connectivity index (χ4n) is 1.36. The molecule has 0 heterocycles. The average molecular weight is 237 g/mol. The molecule has 94 valence electrons. The lowest BCUT2D eigenvalue weighted by molar-refractivity contribution is -0.139. The van der Waals surface area contributed by atoms with E-state index in [-0.39, 0.29) is 5.91 Å². The van der Waals surface area contributed by atoms with Crippen LogP contribution in [0.5, 0.6) is 0 Å². The van der Waals surface area contributed by atoms with Crippen LogP contribution in [0.3, 0.4) is 0 Å². The lowest BCUT2D eigenvalue weighted by Crippen LogP contribution is -2.40. The van der Waals surface area contributed by atoms with Crippen molar-refractivity contribution in [2.75, 3.05) is 20.3 Å². The van der Waals surface area contributed by atoms with Crippen molar-refractivity contribution in [3.63, 3.8) is 0 Å². The third-order valence-corrected chi connectivity index (χ3v) is 2.62. The molecule has 0 bridgehead atoms. The minimum absolute atomic E-state index is 0.167. The van der Waals surface area contributed by atoms with E-state index in [1.54, 1.807) is 7.11 Å². The van der Waals surface area contributed by atoms with Gasteiger partial charge in [-0.3, -0.25) is 9.63 Å². The van der Waals surface area contributed by atoms with Gasteiger partial charge in [0, 0.05) is 7.11 Å². The lowest BCUT2D eigenvalue weighted by atomic mass is 9.84. The summed E-state index contributed by atoms with van der Waals surface area (Å²) in [7, 11) is 1.58. The van der Waals surface area contributed by atoms with Gasteiger partial charge in [0.05, 0.1) is 18.6 Å². The SMILES string of the molecule is COCCONC(=O)C(C)(C)c1ccccc1. The number of hydrogen-bond acceptors (Lipinski definition) is 3. The first-order chi connectivity index (χ1) is 8.09. The quantitative estimate of drug-likeness (QED) is 0.604. The van der Waals surface area contributed by atoms with Crippen molar-refractivity contribution in [3.8, 4) is 0 Å². The third-order valence-electron chi connectivity index (χ3n) is 2.62. The molecule has 0 aliphatic rings. The highest BCUT2D eigenvalue weighted by Gasteiger charge is 2.29. The Bertz CT molecular complexity index is 349. The van der Waals surface area contributed by atoms with Gasteiger partial charge in [0.15, 0.2) is 0 Å². The van der Waals surface area contributed by atoms with Gasteiger partial charge >= 0.3 is 0 Å². The zero-order chi connectivity index (χ0) is 12.7. The Morgan fingerprint density at radius 3 is 2.47 bits per heavy atom. The van der Waals surface area contributed by atoms with Gasteiger partial charge in [-0.1, -0.05) is 30.3 Å². The van der Waals surface area contributed by atoms with E-state index in [1.165, 1.54) is 0 Å². The maximum Gasteiger partial charge on any atom is 0.253 e. The molecule has 1 aromatic rings. The molecule has 4 heteroatoms. The second-order valence-electron chi connectivity index (χ2n) is 4.26. The third kappa shape index (κ3) is 3.84. The summed E-state index contributed by atoms with van der Waals surface area (Å²) in [6.45, 7) is 4.51. The Labute approximate surface area is 102 Å². The van der Waals surface area contributed by atoms with E-state index in [1.807, 2.05) is 44.2 Å². The summed E-state index contributed by atoms with van der Waals surface area (Å²) in [5, 5.41) is 0. The van der Waals surface area contributed by atoms with Crippen LogP contribution >= 0.6 is 0 Å². The highest BCUT2D eigenvalue weighted by Crippen LogP contribution is 2.22. The molecule has 0 unspecified atom stereocenters. The Morgan fingerprint density at radius 2 is 1.88 bits per heavy atom. The fraction of sp³-hybridized carbons (Fsp3) is 0.462. The maximum atomic E-state index is 12.0. The molecule has 1 rings (SSSR count). The molecule has 0 aliphatic carbocycles. The molecule has 0 aromatic heterocycles. The standard InChI is InChI=1S/C13H19NO3/c1-13(2,11-7-5-4-6-8-11)12(15)14-17-10-9-16-3/h4-8H,9-10H2,1-3H3,(H,14,15). The van der Waals surface area contributed by atoms with Crippen LogP contribution in [0.25, 0.3) is 0 Å². The van der Waals surface area contributed by atoms with Crippen molar-refractivity contribution in [1.29, 1.82) is 0 Å². The summed E-state index contributed by atoms with van der Waals surface area (Å²) >= 11 is 0. The van der Waals surface area contributed by atoms with Crippen molar-refractivity contribution in [1.82, 2.24) is 5.48 Å². The molecular weight excluding hydrogens is 218 g/mol. The van der Waals surface area contributed by atoms with Gasteiger partial charge in [-0.15, -0.1) is 0 Å². The van der Waals surface area contributed by atoms with Crippen molar-refractivity contribution in [3.05, 3.63) is 35.9 Å². The Hall–Kier alpha value is -1.39. The number of benzene rings is 1. The van der Waals surface area contributed by atoms with E-state index in [0.29, 0.717) is 13.2 Å². The van der Waals surface area contributed by atoms with Gasteiger partial charge in [0.2, 0.25) is 0 Å². The molecule has 1 amide bonds. The number of amides is 1. The number of methoxy groups -OCH3 is 1. The monoisotopic (exact) mass is 237 g/mol. The number of hydroxylamine groups is 1. The molecule has 1 N–H and O–H groups in total. The molecule has 0 atom stereocenters. The number of ether oxygens (including phenoxy) is 1. The predicted molar refractivity (Wildman–Crippen MR) is 65.4 cm³/mol. The zero-order valence-corrected chi connectivity index (χ0v) is 10.5. The van der Waals surface area contributed by atoms with Gasteiger partial charge in [-0.05, 0) is 19.4 Å². The first-order valence-electron chi connectivity index (χ1n) is 5.55. The van der Waals surface area contributed by atoms with Crippen LogP contribution in [0.4, 0.5) is 0 Å². The molecule has 0 aliphatic heterocycles. The summed E-state index contributed by atoms with van der Waals surface area (Å²) in [6, 6.07) is 9.60. The summed E-state index contributed by atoms with van der Waals surface area (Å²) in [5.74, 6) is -0.167. The van der Waals surface area contributed by atoms with Gasteiger partial charge in [0.25, 0.3) is 5.91 Å². The van der Waals surface area contributed by atoms with Gasteiger partial charge in [0.1, 0.15) is 0 Å². The van der Waals surface area contributed by atoms with E-state index in [9.17, 15) is 4.79 Å².